The number of hydrogen-bond donors (Lipinski definition) is 1. The van der Waals surface area contributed by atoms with Gasteiger partial charge in [-0.3, -0.25) is 13.9 Å². The summed E-state index contributed by atoms with van der Waals surface area (Å²) >= 11 is 0. The summed E-state index contributed by atoms with van der Waals surface area (Å²) in [6.07, 6.45) is 3.05. The Morgan fingerprint density at radius 2 is 1.86 bits per heavy atom. The lowest BCUT2D eigenvalue weighted by Gasteiger charge is -2.46. The molecular weight excluding hydrogens is 484 g/mol. The molecule has 2 unspecified atom stereocenters. The highest BCUT2D eigenvalue weighted by atomic mass is 32.2. The van der Waals surface area contributed by atoms with E-state index >= 15 is 0 Å². The zero-order valence-electron chi connectivity index (χ0n) is 21.4. The number of likely N-dealkylation sites (tertiary alicyclic amines) is 1. The first-order valence-electron chi connectivity index (χ1n) is 12.5. The average Bonchev–Trinajstić information content (AvgIpc) is 3.69. The summed E-state index contributed by atoms with van der Waals surface area (Å²) in [6, 6.07) is 3.43. The number of benzene rings is 1. The normalized spacial score (nSPS) is 23.4. The van der Waals surface area contributed by atoms with Crippen LogP contribution >= 0.6 is 0 Å². The summed E-state index contributed by atoms with van der Waals surface area (Å²) in [6.45, 7) is 9.59. The Balaban J connectivity index is 1.56. The standard InChI is InChI=1S/C25H34N4O6S/c1-15-20(14-27(15)23(32)35-24(2,3)4)29-21(30)18-12-17(36(33,34)26-25(5)10-11-25)8-9-19(18)28(22(29)31)13-16-6-7-16/h8-9,12,15-16,20,26H,6-7,10-11,13-14H2,1-5H3. The number of aromatic nitrogens is 2. The maximum Gasteiger partial charge on any atom is 0.410 e. The molecular formula is C25H34N4O6S. The van der Waals surface area contributed by atoms with E-state index < -0.39 is 50.6 Å². The average molecular weight is 519 g/mol. The lowest BCUT2D eigenvalue weighted by molar-refractivity contribution is -0.0229. The summed E-state index contributed by atoms with van der Waals surface area (Å²) in [5, 5.41) is 0.182. The Labute approximate surface area is 210 Å². The third-order valence-corrected chi connectivity index (χ3v) is 9.00. The van der Waals surface area contributed by atoms with E-state index in [0.29, 0.717) is 18.0 Å². The van der Waals surface area contributed by atoms with Crippen molar-refractivity contribution in [2.45, 2.75) is 95.0 Å². The minimum absolute atomic E-state index is 0.000403. The lowest BCUT2D eigenvalue weighted by Crippen LogP contribution is -2.62. The van der Waals surface area contributed by atoms with Gasteiger partial charge >= 0.3 is 11.8 Å². The Hall–Kier alpha value is -2.66. The van der Waals surface area contributed by atoms with Gasteiger partial charge in [-0.05, 0) is 84.4 Å². The number of hydrogen-bond acceptors (Lipinski definition) is 6. The van der Waals surface area contributed by atoms with Crippen LogP contribution in [0.1, 0.15) is 66.3 Å². The SMILES string of the molecule is CC1C(n2c(=O)c3cc(S(=O)(=O)NC4(C)CC4)ccc3n(CC3CC3)c2=O)CN1C(=O)OC(C)(C)C. The highest BCUT2D eigenvalue weighted by Crippen LogP contribution is 2.36. The number of nitrogens with one attached hydrogen (secondary N) is 1. The fourth-order valence-corrected chi connectivity index (χ4v) is 6.18. The molecule has 1 aliphatic heterocycles. The topological polar surface area (TPSA) is 120 Å². The van der Waals surface area contributed by atoms with Crippen molar-refractivity contribution in [2.75, 3.05) is 6.54 Å². The van der Waals surface area contributed by atoms with Crippen molar-refractivity contribution in [3.8, 4) is 0 Å². The number of nitrogens with zero attached hydrogens (tertiary/aromatic N) is 3. The molecule has 0 bridgehead atoms. The molecule has 0 spiro atoms. The second-order valence-corrected chi connectivity index (χ2v) is 13.5. The van der Waals surface area contributed by atoms with Gasteiger partial charge in [0, 0.05) is 18.6 Å². The molecule has 36 heavy (non-hydrogen) atoms. The molecule has 1 aromatic heterocycles. The largest absolute Gasteiger partial charge is 0.444 e. The van der Waals surface area contributed by atoms with Gasteiger partial charge in [-0.25, -0.2) is 22.7 Å². The Bertz CT molecular complexity index is 1460. The van der Waals surface area contributed by atoms with Crippen LogP contribution in [-0.4, -0.2) is 52.3 Å². The van der Waals surface area contributed by atoms with Crippen LogP contribution in [0, 0.1) is 5.92 Å². The van der Waals surface area contributed by atoms with Crippen molar-refractivity contribution >= 4 is 27.0 Å². The van der Waals surface area contributed by atoms with Crippen molar-refractivity contribution < 1.29 is 17.9 Å². The van der Waals surface area contributed by atoms with Gasteiger partial charge in [-0.1, -0.05) is 0 Å². The lowest BCUT2D eigenvalue weighted by atomic mass is 9.98. The van der Waals surface area contributed by atoms with Crippen LogP contribution < -0.4 is 16.0 Å². The summed E-state index contributed by atoms with van der Waals surface area (Å²) in [5.41, 5.74) is -1.66. The van der Waals surface area contributed by atoms with Gasteiger partial charge in [0.15, 0.2) is 0 Å². The van der Waals surface area contributed by atoms with Crippen LogP contribution in [0.25, 0.3) is 10.9 Å². The zero-order chi connectivity index (χ0) is 26.2. The third-order valence-electron chi connectivity index (χ3n) is 7.37. The third kappa shape index (κ3) is 4.58. The first-order valence-corrected chi connectivity index (χ1v) is 14.0. The fourth-order valence-electron chi connectivity index (χ4n) is 4.69. The van der Waals surface area contributed by atoms with E-state index in [0.717, 1.165) is 25.7 Å². The van der Waals surface area contributed by atoms with Crippen LogP contribution in [0.2, 0.25) is 0 Å². The van der Waals surface area contributed by atoms with Crippen molar-refractivity contribution in [3.63, 3.8) is 0 Å². The molecule has 10 nitrogen and oxygen atoms in total. The molecule has 11 heteroatoms. The molecule has 2 saturated carbocycles. The first kappa shape index (κ1) is 25.0. The van der Waals surface area contributed by atoms with Crippen LogP contribution in [0.4, 0.5) is 4.79 Å². The number of fused-ring (bicyclic) bond motifs is 1. The van der Waals surface area contributed by atoms with Gasteiger partial charge in [-0.15, -0.1) is 0 Å². The molecule has 3 aliphatic rings. The predicted octanol–water partition coefficient (Wildman–Crippen LogP) is 2.58. The van der Waals surface area contributed by atoms with Crippen LogP contribution in [0.3, 0.4) is 0 Å². The van der Waals surface area contributed by atoms with Gasteiger partial charge < -0.3 is 9.64 Å². The minimum Gasteiger partial charge on any atom is -0.444 e. The van der Waals surface area contributed by atoms with Gasteiger partial charge in [0.05, 0.1) is 27.9 Å². The Morgan fingerprint density at radius 1 is 1.19 bits per heavy atom. The molecule has 5 rings (SSSR count). The smallest absolute Gasteiger partial charge is 0.410 e. The zero-order valence-corrected chi connectivity index (χ0v) is 22.2. The number of sulfonamides is 1. The summed E-state index contributed by atoms with van der Waals surface area (Å²) < 4.78 is 37.0. The highest BCUT2D eigenvalue weighted by molar-refractivity contribution is 7.89. The molecule has 1 amide bonds. The maximum atomic E-state index is 13.7. The van der Waals surface area contributed by atoms with Crippen molar-refractivity contribution in [1.82, 2.24) is 18.8 Å². The second kappa shape index (κ2) is 8.17. The molecule has 2 aromatic rings. The molecule has 0 radical (unpaired) electrons. The van der Waals surface area contributed by atoms with Gasteiger partial charge in [0.25, 0.3) is 5.56 Å². The predicted molar refractivity (Wildman–Crippen MR) is 135 cm³/mol. The van der Waals surface area contributed by atoms with E-state index in [2.05, 4.69) is 4.72 Å². The monoisotopic (exact) mass is 518 g/mol. The van der Waals surface area contributed by atoms with Crippen LogP contribution in [-0.2, 0) is 21.3 Å². The molecule has 1 saturated heterocycles. The molecule has 1 aromatic carbocycles. The van der Waals surface area contributed by atoms with Gasteiger partial charge in [0.1, 0.15) is 5.60 Å². The minimum atomic E-state index is -3.83. The van der Waals surface area contributed by atoms with Crippen LogP contribution in [0.15, 0.2) is 32.7 Å². The van der Waals surface area contributed by atoms with E-state index in [9.17, 15) is 22.8 Å². The molecule has 2 heterocycles. The number of rotatable bonds is 6. The Morgan fingerprint density at radius 3 is 2.42 bits per heavy atom. The van der Waals surface area contributed by atoms with Crippen molar-refractivity contribution in [1.29, 1.82) is 0 Å². The van der Waals surface area contributed by atoms with Gasteiger partial charge in [-0.2, -0.15) is 0 Å². The summed E-state index contributed by atoms with van der Waals surface area (Å²) in [4.78, 5) is 41.3. The van der Waals surface area contributed by atoms with Crippen molar-refractivity contribution in [2.24, 2.45) is 5.92 Å². The quantitative estimate of drug-likeness (QED) is 0.628. The molecule has 1 N–H and O–H groups in total. The van der Waals surface area contributed by atoms with E-state index in [4.69, 9.17) is 4.74 Å². The van der Waals surface area contributed by atoms with Crippen LogP contribution in [0.5, 0.6) is 0 Å². The summed E-state index contributed by atoms with van der Waals surface area (Å²) in [7, 11) is -3.83. The highest BCUT2D eigenvalue weighted by Gasteiger charge is 2.44. The summed E-state index contributed by atoms with van der Waals surface area (Å²) in [5.74, 6) is 0.355. The van der Waals surface area contributed by atoms with E-state index in [1.807, 2.05) is 6.92 Å². The maximum absolute atomic E-state index is 13.7. The molecule has 2 aliphatic carbocycles. The van der Waals surface area contributed by atoms with E-state index in [-0.39, 0.29) is 16.8 Å². The number of carbonyl (C=O) groups is 1. The van der Waals surface area contributed by atoms with E-state index in [1.165, 1.54) is 21.6 Å². The second-order valence-electron chi connectivity index (χ2n) is 11.8. The fraction of sp³-hybridized carbons (Fsp3) is 0.640. The van der Waals surface area contributed by atoms with Crippen molar-refractivity contribution in [3.05, 3.63) is 39.0 Å². The number of amides is 1. The molecule has 196 valence electrons. The van der Waals surface area contributed by atoms with E-state index in [1.54, 1.807) is 38.3 Å². The molecule has 3 fully saturated rings. The van der Waals surface area contributed by atoms with Gasteiger partial charge in [0.2, 0.25) is 10.0 Å². The number of ether oxygens (including phenoxy) is 1. The first-order chi connectivity index (χ1) is 16.7. The number of carbonyl (C=O) groups excluding carboxylic acids is 1. The molecule has 2 atom stereocenters. The Kier molecular flexibility index (Phi) is 5.68.